The summed E-state index contributed by atoms with van der Waals surface area (Å²) in [5.41, 5.74) is 7.70. The normalized spacial score (nSPS) is 18.4. The highest BCUT2D eigenvalue weighted by atomic mass is 32.2. The van der Waals surface area contributed by atoms with Crippen LogP contribution in [0.5, 0.6) is 0 Å². The molecule has 4 rings (SSSR count). The molecular weight excluding hydrogens is 404 g/mol. The van der Waals surface area contributed by atoms with Crippen molar-refractivity contribution in [3.8, 4) is 0 Å². The van der Waals surface area contributed by atoms with Crippen LogP contribution in [0.25, 0.3) is 0 Å². The average Bonchev–Trinajstić information content (AvgIpc) is 2.80. The number of hydrogen-bond acceptors (Lipinski definition) is 6. The fourth-order valence-electron chi connectivity index (χ4n) is 3.93. The summed E-state index contributed by atoms with van der Waals surface area (Å²) in [6, 6.07) is 14.9. The van der Waals surface area contributed by atoms with E-state index in [1.54, 1.807) is 12.1 Å². The summed E-state index contributed by atoms with van der Waals surface area (Å²) < 4.78 is 32.5. The molecule has 2 aliphatic heterocycles. The Hall–Kier alpha value is -2.62. The maximum Gasteiger partial charge on any atom is 0.250 e. The summed E-state index contributed by atoms with van der Waals surface area (Å²) in [5.74, 6) is -0.630. The largest absolute Gasteiger partial charge is 0.379 e. The van der Waals surface area contributed by atoms with Gasteiger partial charge in [-0.3, -0.25) is 4.79 Å². The van der Waals surface area contributed by atoms with Crippen LogP contribution in [0.2, 0.25) is 0 Å². The molecule has 0 atom stereocenters. The predicted octanol–water partition coefficient (Wildman–Crippen LogP) is 1.13. The second-order valence-corrected chi connectivity index (χ2v) is 9.31. The highest BCUT2D eigenvalue weighted by molar-refractivity contribution is 7.89. The lowest BCUT2D eigenvalue weighted by Crippen LogP contribution is -2.47. The van der Waals surface area contributed by atoms with Crippen molar-refractivity contribution in [1.82, 2.24) is 4.31 Å². The van der Waals surface area contributed by atoms with E-state index in [0.29, 0.717) is 45.1 Å². The third-order valence-electron chi connectivity index (χ3n) is 5.58. The fourth-order valence-corrected chi connectivity index (χ4v) is 5.36. The van der Waals surface area contributed by atoms with Crippen molar-refractivity contribution in [2.75, 3.05) is 62.3 Å². The van der Waals surface area contributed by atoms with Crippen LogP contribution in [0.4, 0.5) is 11.4 Å². The molecule has 9 heteroatoms. The van der Waals surface area contributed by atoms with Crippen molar-refractivity contribution in [2.24, 2.45) is 5.73 Å². The molecule has 8 nitrogen and oxygen atoms in total. The number of ether oxygens (including phenoxy) is 1. The Kier molecular flexibility index (Phi) is 5.94. The van der Waals surface area contributed by atoms with Crippen LogP contribution in [-0.4, -0.2) is 71.1 Å². The first-order valence-electron chi connectivity index (χ1n) is 10.0. The topological polar surface area (TPSA) is 96.2 Å². The summed E-state index contributed by atoms with van der Waals surface area (Å²) in [6.45, 7) is 4.37. The SMILES string of the molecule is NC(=O)c1cc(S(=O)(=O)N2CCOCC2)ccc1N1CCN(c2ccccc2)CC1. The molecule has 0 bridgehead atoms. The number of carbonyl (C=O) groups excluding carboxylic acids is 1. The third-order valence-corrected chi connectivity index (χ3v) is 7.48. The highest BCUT2D eigenvalue weighted by Gasteiger charge is 2.29. The molecule has 1 amide bonds. The van der Waals surface area contributed by atoms with Crippen LogP contribution in [0.3, 0.4) is 0 Å². The van der Waals surface area contributed by atoms with Crippen molar-refractivity contribution >= 4 is 27.3 Å². The van der Waals surface area contributed by atoms with Crippen LogP contribution < -0.4 is 15.5 Å². The molecule has 30 heavy (non-hydrogen) atoms. The number of rotatable bonds is 5. The Morgan fingerprint density at radius 1 is 0.867 bits per heavy atom. The lowest BCUT2D eigenvalue weighted by molar-refractivity contribution is 0.0730. The van der Waals surface area contributed by atoms with E-state index >= 15 is 0 Å². The molecule has 2 heterocycles. The summed E-state index contributed by atoms with van der Waals surface area (Å²) in [7, 11) is -3.69. The van der Waals surface area contributed by atoms with Gasteiger partial charge in [-0.05, 0) is 30.3 Å². The van der Waals surface area contributed by atoms with E-state index in [1.165, 1.54) is 16.1 Å². The molecule has 2 aromatic rings. The summed E-state index contributed by atoms with van der Waals surface area (Å²) >= 11 is 0. The van der Waals surface area contributed by atoms with Gasteiger partial charge in [-0.1, -0.05) is 18.2 Å². The minimum atomic E-state index is -3.69. The highest BCUT2D eigenvalue weighted by Crippen LogP contribution is 2.28. The number of piperazine rings is 1. The van der Waals surface area contributed by atoms with Crippen LogP contribution in [-0.2, 0) is 14.8 Å². The number of nitrogens with zero attached hydrogens (tertiary/aromatic N) is 3. The monoisotopic (exact) mass is 430 g/mol. The van der Waals surface area contributed by atoms with Gasteiger partial charge in [-0.2, -0.15) is 4.31 Å². The average molecular weight is 431 g/mol. The van der Waals surface area contributed by atoms with Crippen molar-refractivity contribution in [1.29, 1.82) is 0 Å². The summed E-state index contributed by atoms with van der Waals surface area (Å²) in [4.78, 5) is 16.6. The first-order chi connectivity index (χ1) is 14.5. The number of carbonyl (C=O) groups is 1. The molecule has 0 aromatic heterocycles. The van der Waals surface area contributed by atoms with Crippen molar-refractivity contribution in [3.05, 3.63) is 54.1 Å². The molecule has 0 unspecified atom stereocenters. The number of sulfonamides is 1. The molecular formula is C21H26N4O4S. The molecule has 2 saturated heterocycles. The van der Waals surface area contributed by atoms with Gasteiger partial charge in [0.1, 0.15) is 0 Å². The van der Waals surface area contributed by atoms with Crippen LogP contribution in [0.1, 0.15) is 10.4 Å². The van der Waals surface area contributed by atoms with Gasteiger partial charge >= 0.3 is 0 Å². The standard InChI is InChI=1S/C21H26N4O4S/c22-21(26)19-16-18(30(27,28)25-12-14-29-15-13-25)6-7-20(19)24-10-8-23(9-11-24)17-4-2-1-3-5-17/h1-7,16H,8-15H2,(H2,22,26). The zero-order valence-electron chi connectivity index (χ0n) is 16.7. The first-order valence-corrected chi connectivity index (χ1v) is 11.5. The van der Waals surface area contributed by atoms with Crippen LogP contribution >= 0.6 is 0 Å². The van der Waals surface area contributed by atoms with E-state index in [4.69, 9.17) is 10.5 Å². The van der Waals surface area contributed by atoms with E-state index in [-0.39, 0.29) is 10.5 Å². The van der Waals surface area contributed by atoms with Gasteiger partial charge in [0.05, 0.1) is 23.7 Å². The zero-order valence-corrected chi connectivity index (χ0v) is 17.6. The first kappa shape index (κ1) is 20.6. The van der Waals surface area contributed by atoms with Crippen molar-refractivity contribution in [2.45, 2.75) is 4.90 Å². The van der Waals surface area contributed by atoms with E-state index in [1.807, 2.05) is 18.2 Å². The Bertz CT molecular complexity index is 999. The quantitative estimate of drug-likeness (QED) is 0.764. The number of hydrogen-bond donors (Lipinski definition) is 1. The van der Waals surface area contributed by atoms with E-state index in [2.05, 4.69) is 21.9 Å². The van der Waals surface area contributed by atoms with Gasteiger partial charge < -0.3 is 20.3 Å². The summed E-state index contributed by atoms with van der Waals surface area (Å²) in [5, 5.41) is 0. The Morgan fingerprint density at radius 2 is 1.50 bits per heavy atom. The molecule has 2 aliphatic rings. The van der Waals surface area contributed by atoms with Gasteiger partial charge in [0.15, 0.2) is 0 Å². The maximum absolute atomic E-state index is 12.9. The number of para-hydroxylation sites is 1. The third kappa shape index (κ3) is 4.14. The van der Waals surface area contributed by atoms with Crippen molar-refractivity contribution < 1.29 is 17.9 Å². The van der Waals surface area contributed by atoms with Gasteiger partial charge in [-0.25, -0.2) is 8.42 Å². The Balaban J connectivity index is 1.55. The number of benzene rings is 2. The van der Waals surface area contributed by atoms with E-state index in [9.17, 15) is 13.2 Å². The molecule has 2 N–H and O–H groups in total. The molecule has 160 valence electrons. The zero-order chi connectivity index (χ0) is 21.1. The van der Waals surface area contributed by atoms with Gasteiger partial charge in [-0.15, -0.1) is 0 Å². The number of anilines is 2. The van der Waals surface area contributed by atoms with E-state index in [0.717, 1.165) is 13.1 Å². The van der Waals surface area contributed by atoms with Crippen LogP contribution in [0, 0.1) is 0 Å². The molecule has 2 aromatic carbocycles. The summed E-state index contributed by atoms with van der Waals surface area (Å²) in [6.07, 6.45) is 0. The number of primary amides is 1. The Labute approximate surface area is 176 Å². The lowest BCUT2D eigenvalue weighted by atomic mass is 10.1. The number of amides is 1. The predicted molar refractivity (Wildman–Crippen MR) is 115 cm³/mol. The van der Waals surface area contributed by atoms with Crippen molar-refractivity contribution in [3.63, 3.8) is 0 Å². The second-order valence-electron chi connectivity index (χ2n) is 7.37. The minimum absolute atomic E-state index is 0.0878. The lowest BCUT2D eigenvalue weighted by Gasteiger charge is -2.38. The molecule has 2 fully saturated rings. The second kappa shape index (κ2) is 8.63. The fraction of sp³-hybridized carbons (Fsp3) is 0.381. The van der Waals surface area contributed by atoms with Gasteiger partial charge in [0, 0.05) is 50.6 Å². The van der Waals surface area contributed by atoms with Crippen LogP contribution in [0.15, 0.2) is 53.4 Å². The molecule has 0 radical (unpaired) electrons. The van der Waals surface area contributed by atoms with Gasteiger partial charge in [0.2, 0.25) is 10.0 Å². The maximum atomic E-state index is 12.9. The molecule has 0 saturated carbocycles. The van der Waals surface area contributed by atoms with E-state index < -0.39 is 15.9 Å². The number of morpholine rings is 1. The smallest absolute Gasteiger partial charge is 0.250 e. The van der Waals surface area contributed by atoms with Gasteiger partial charge in [0.25, 0.3) is 5.91 Å². The molecule has 0 spiro atoms. The molecule has 0 aliphatic carbocycles. The Morgan fingerprint density at radius 3 is 2.13 bits per heavy atom. The minimum Gasteiger partial charge on any atom is -0.379 e. The number of nitrogens with two attached hydrogens (primary N) is 1.